The predicted molar refractivity (Wildman–Crippen MR) is 91.9 cm³/mol. The van der Waals surface area contributed by atoms with E-state index in [9.17, 15) is 0 Å². The lowest BCUT2D eigenvalue weighted by Crippen LogP contribution is -2.40. The van der Waals surface area contributed by atoms with Crippen LogP contribution in [0.4, 0.5) is 5.69 Å². The lowest BCUT2D eigenvalue weighted by atomic mass is 9.85. The number of rotatable bonds is 3. The highest BCUT2D eigenvalue weighted by Crippen LogP contribution is 2.30. The van der Waals surface area contributed by atoms with Crippen molar-refractivity contribution in [1.29, 1.82) is 0 Å². The van der Waals surface area contributed by atoms with Gasteiger partial charge in [0, 0.05) is 6.04 Å². The van der Waals surface area contributed by atoms with Crippen LogP contribution in [-0.4, -0.2) is 11.2 Å². The summed E-state index contributed by atoms with van der Waals surface area (Å²) < 4.78 is 0. The fourth-order valence-corrected chi connectivity index (χ4v) is 3.28. The molecule has 2 N–H and O–H groups in total. The van der Waals surface area contributed by atoms with Gasteiger partial charge in [-0.05, 0) is 56.0 Å². The molecule has 0 bridgehead atoms. The van der Waals surface area contributed by atoms with Crippen molar-refractivity contribution >= 4 is 46.2 Å². The van der Waals surface area contributed by atoms with Crippen molar-refractivity contribution in [3.05, 3.63) is 28.2 Å². The number of hydrogen-bond acceptors (Lipinski definition) is 1. The van der Waals surface area contributed by atoms with Crippen molar-refractivity contribution < 1.29 is 0 Å². The van der Waals surface area contributed by atoms with E-state index in [1.165, 1.54) is 32.1 Å². The van der Waals surface area contributed by atoms with Crippen molar-refractivity contribution in [3.8, 4) is 0 Å². The highest BCUT2D eigenvalue weighted by molar-refractivity contribution is 7.80. The van der Waals surface area contributed by atoms with Crippen LogP contribution in [0.3, 0.4) is 0 Å². The molecular weight excluding hydrogens is 311 g/mol. The van der Waals surface area contributed by atoms with Crippen molar-refractivity contribution in [3.63, 3.8) is 0 Å². The van der Waals surface area contributed by atoms with Crippen LogP contribution in [0.25, 0.3) is 0 Å². The predicted octanol–water partition coefficient (Wildman–Crippen LogP) is 5.25. The summed E-state index contributed by atoms with van der Waals surface area (Å²) in [7, 11) is 0. The largest absolute Gasteiger partial charge is 0.360 e. The van der Waals surface area contributed by atoms with Crippen molar-refractivity contribution in [2.24, 2.45) is 5.92 Å². The zero-order chi connectivity index (χ0) is 14.5. The van der Waals surface area contributed by atoms with E-state index >= 15 is 0 Å². The summed E-state index contributed by atoms with van der Waals surface area (Å²) in [6, 6.07) is 5.95. The third kappa shape index (κ3) is 4.24. The Labute approximate surface area is 136 Å². The second-order valence-corrected chi connectivity index (χ2v) is 6.52. The van der Waals surface area contributed by atoms with Gasteiger partial charge in [-0.25, -0.2) is 0 Å². The third-order valence-corrected chi connectivity index (χ3v) is 5.00. The zero-order valence-electron chi connectivity index (χ0n) is 11.6. The number of halogens is 2. The Morgan fingerprint density at radius 1 is 1.25 bits per heavy atom. The molecule has 1 fully saturated rings. The highest BCUT2D eigenvalue weighted by Gasteiger charge is 2.20. The highest BCUT2D eigenvalue weighted by atomic mass is 35.5. The van der Waals surface area contributed by atoms with E-state index in [1.54, 1.807) is 6.07 Å². The van der Waals surface area contributed by atoms with Crippen LogP contribution in [0, 0.1) is 5.92 Å². The molecule has 1 aliphatic rings. The van der Waals surface area contributed by atoms with Gasteiger partial charge in [0.25, 0.3) is 0 Å². The van der Waals surface area contributed by atoms with Crippen LogP contribution in [0.15, 0.2) is 18.2 Å². The molecule has 0 amide bonds. The second kappa shape index (κ2) is 7.48. The lowest BCUT2D eigenvalue weighted by Gasteiger charge is -2.29. The van der Waals surface area contributed by atoms with E-state index in [2.05, 4.69) is 17.6 Å². The smallest absolute Gasteiger partial charge is 0.171 e. The number of anilines is 1. The molecule has 0 atom stereocenters. The number of nitrogens with one attached hydrogen (secondary N) is 2. The topological polar surface area (TPSA) is 24.1 Å². The fourth-order valence-electron chi connectivity index (χ4n) is 2.66. The van der Waals surface area contributed by atoms with Crippen LogP contribution in [0.5, 0.6) is 0 Å². The number of hydrogen-bond donors (Lipinski definition) is 2. The first kappa shape index (κ1) is 15.9. The number of benzene rings is 1. The Morgan fingerprint density at radius 3 is 2.60 bits per heavy atom. The standard InChI is InChI=1S/C15H20Cl2N2S/c1-2-10-6-8-11(9-7-10)18-15(20)19-13-5-3-4-12(16)14(13)17/h3-5,10-11H,2,6-9H2,1H3,(H2,18,19,20). The summed E-state index contributed by atoms with van der Waals surface area (Å²) in [5.74, 6) is 0.886. The Hall–Kier alpha value is -0.510. The minimum Gasteiger partial charge on any atom is -0.360 e. The second-order valence-electron chi connectivity index (χ2n) is 5.33. The summed E-state index contributed by atoms with van der Waals surface area (Å²) in [4.78, 5) is 0. The summed E-state index contributed by atoms with van der Waals surface area (Å²) in [5.41, 5.74) is 0.749. The monoisotopic (exact) mass is 330 g/mol. The maximum atomic E-state index is 6.14. The van der Waals surface area contributed by atoms with E-state index in [4.69, 9.17) is 35.4 Å². The molecule has 110 valence electrons. The van der Waals surface area contributed by atoms with Gasteiger partial charge in [0.2, 0.25) is 0 Å². The van der Waals surface area contributed by atoms with Gasteiger partial charge in [-0.15, -0.1) is 0 Å². The average Bonchev–Trinajstić information content (AvgIpc) is 2.45. The van der Waals surface area contributed by atoms with Gasteiger partial charge < -0.3 is 10.6 Å². The van der Waals surface area contributed by atoms with Crippen LogP contribution in [0.1, 0.15) is 39.0 Å². The van der Waals surface area contributed by atoms with Crippen LogP contribution in [-0.2, 0) is 0 Å². The SMILES string of the molecule is CCC1CCC(NC(=S)Nc2cccc(Cl)c2Cl)CC1. The quantitative estimate of drug-likeness (QED) is 0.740. The van der Waals surface area contributed by atoms with Crippen molar-refractivity contribution in [2.45, 2.75) is 45.1 Å². The molecule has 0 heterocycles. The molecule has 0 unspecified atom stereocenters. The van der Waals surface area contributed by atoms with Gasteiger partial charge in [-0.2, -0.15) is 0 Å². The van der Waals surface area contributed by atoms with E-state index in [-0.39, 0.29) is 0 Å². The normalized spacial score (nSPS) is 22.4. The van der Waals surface area contributed by atoms with Gasteiger partial charge >= 0.3 is 0 Å². The maximum absolute atomic E-state index is 6.14. The molecule has 0 saturated heterocycles. The van der Waals surface area contributed by atoms with E-state index in [0.29, 0.717) is 21.2 Å². The van der Waals surface area contributed by atoms with Gasteiger partial charge in [0.05, 0.1) is 15.7 Å². The average molecular weight is 331 g/mol. The molecule has 0 spiro atoms. The Bertz CT molecular complexity index is 471. The molecule has 2 nitrogen and oxygen atoms in total. The van der Waals surface area contributed by atoms with E-state index in [0.717, 1.165) is 11.6 Å². The molecule has 0 aromatic heterocycles. The molecular formula is C15H20Cl2N2S. The third-order valence-electron chi connectivity index (χ3n) is 3.96. The minimum absolute atomic E-state index is 0.468. The van der Waals surface area contributed by atoms with Crippen LogP contribution < -0.4 is 10.6 Å². The summed E-state index contributed by atoms with van der Waals surface area (Å²) in [6.45, 7) is 2.27. The molecule has 0 aliphatic heterocycles. The molecule has 0 radical (unpaired) electrons. The molecule has 1 saturated carbocycles. The molecule has 20 heavy (non-hydrogen) atoms. The number of thiocarbonyl (C=S) groups is 1. The first-order valence-corrected chi connectivity index (χ1v) is 8.28. The molecule has 1 aromatic carbocycles. The van der Waals surface area contributed by atoms with Gasteiger partial charge in [0.1, 0.15) is 0 Å². The van der Waals surface area contributed by atoms with Crippen LogP contribution >= 0.6 is 35.4 Å². The summed E-state index contributed by atoms with van der Waals surface area (Å²) in [6.07, 6.45) is 6.23. The first-order valence-electron chi connectivity index (χ1n) is 7.11. The van der Waals surface area contributed by atoms with Crippen molar-refractivity contribution in [2.75, 3.05) is 5.32 Å². The van der Waals surface area contributed by atoms with Crippen LogP contribution in [0.2, 0.25) is 10.0 Å². The van der Waals surface area contributed by atoms with Gasteiger partial charge in [-0.1, -0.05) is 42.6 Å². The summed E-state index contributed by atoms with van der Waals surface area (Å²) in [5, 5.41) is 8.16. The molecule has 2 rings (SSSR count). The van der Waals surface area contributed by atoms with Gasteiger partial charge in [-0.3, -0.25) is 0 Å². The fraction of sp³-hybridized carbons (Fsp3) is 0.533. The first-order chi connectivity index (χ1) is 9.60. The van der Waals surface area contributed by atoms with E-state index in [1.807, 2.05) is 12.1 Å². The Morgan fingerprint density at radius 2 is 1.95 bits per heavy atom. The van der Waals surface area contributed by atoms with Gasteiger partial charge in [0.15, 0.2) is 5.11 Å². The Balaban J connectivity index is 1.85. The Kier molecular flexibility index (Phi) is 5.94. The molecule has 5 heteroatoms. The zero-order valence-corrected chi connectivity index (χ0v) is 13.9. The minimum atomic E-state index is 0.468. The van der Waals surface area contributed by atoms with E-state index < -0.39 is 0 Å². The molecule has 1 aromatic rings. The maximum Gasteiger partial charge on any atom is 0.171 e. The van der Waals surface area contributed by atoms with Crippen molar-refractivity contribution in [1.82, 2.24) is 5.32 Å². The molecule has 1 aliphatic carbocycles. The summed E-state index contributed by atoms with van der Waals surface area (Å²) >= 11 is 17.5. The lowest BCUT2D eigenvalue weighted by molar-refractivity contribution is 0.306.